The van der Waals surface area contributed by atoms with Crippen molar-refractivity contribution in [3.05, 3.63) is 79.1 Å². The molecular formula is C21H15O3. The van der Waals surface area contributed by atoms with E-state index in [-0.39, 0.29) is 0 Å². The first-order valence-electron chi connectivity index (χ1n) is 7.65. The highest BCUT2D eigenvalue weighted by Gasteiger charge is 2.12. The first-order valence-corrected chi connectivity index (χ1v) is 7.65. The van der Waals surface area contributed by atoms with Crippen LogP contribution in [-0.2, 0) is 0 Å². The van der Waals surface area contributed by atoms with Crippen molar-refractivity contribution in [2.24, 2.45) is 0 Å². The van der Waals surface area contributed by atoms with Gasteiger partial charge < -0.3 is 13.9 Å². The van der Waals surface area contributed by atoms with Gasteiger partial charge in [-0.1, -0.05) is 42.5 Å². The Labute approximate surface area is 140 Å². The van der Waals surface area contributed by atoms with Gasteiger partial charge in [-0.2, -0.15) is 0 Å². The van der Waals surface area contributed by atoms with E-state index >= 15 is 0 Å². The van der Waals surface area contributed by atoms with Crippen LogP contribution in [0.5, 0.6) is 17.2 Å². The van der Waals surface area contributed by atoms with E-state index in [0.29, 0.717) is 11.3 Å². The van der Waals surface area contributed by atoms with Crippen LogP contribution >= 0.6 is 0 Å². The average Bonchev–Trinajstić information content (AvgIpc) is 3.07. The molecule has 4 aromatic rings. The standard InChI is InChI=1S/C21H15O3/c1-22-20-9-5-8-18-19(14-23-21(18)20)15-10-12-17(13-11-15)24-16-6-3-2-4-7-16/h2-13H,1H3. The zero-order chi connectivity index (χ0) is 16.4. The molecule has 0 saturated heterocycles. The summed E-state index contributed by atoms with van der Waals surface area (Å²) in [4.78, 5) is 0. The van der Waals surface area contributed by atoms with E-state index in [1.165, 1.54) is 0 Å². The summed E-state index contributed by atoms with van der Waals surface area (Å²) in [5.41, 5.74) is 2.64. The van der Waals surface area contributed by atoms with Gasteiger partial charge in [0.15, 0.2) is 17.6 Å². The molecular weight excluding hydrogens is 300 g/mol. The Hall–Kier alpha value is -3.20. The van der Waals surface area contributed by atoms with Gasteiger partial charge in [0.05, 0.1) is 7.11 Å². The number of benzene rings is 3. The van der Waals surface area contributed by atoms with Crippen molar-refractivity contribution < 1.29 is 13.9 Å². The SMILES string of the molecule is COc1cccc2c(-c3ccc(Oc4ccccc4)cc3)[c]oc12. The third kappa shape index (κ3) is 2.61. The van der Waals surface area contributed by atoms with Gasteiger partial charge in [-0.3, -0.25) is 0 Å². The van der Waals surface area contributed by atoms with Crippen molar-refractivity contribution >= 4 is 11.0 Å². The highest BCUT2D eigenvalue weighted by atomic mass is 16.5. The second-order valence-corrected chi connectivity index (χ2v) is 5.36. The fourth-order valence-electron chi connectivity index (χ4n) is 2.66. The maximum atomic E-state index is 5.82. The predicted molar refractivity (Wildman–Crippen MR) is 93.6 cm³/mol. The molecule has 0 aliphatic heterocycles. The van der Waals surface area contributed by atoms with Crippen molar-refractivity contribution in [3.63, 3.8) is 0 Å². The summed E-state index contributed by atoms with van der Waals surface area (Å²) < 4.78 is 16.7. The molecule has 0 spiro atoms. The first kappa shape index (κ1) is 14.4. The van der Waals surface area contributed by atoms with E-state index in [1.54, 1.807) is 7.11 Å². The summed E-state index contributed by atoms with van der Waals surface area (Å²) in [5.74, 6) is 2.31. The lowest BCUT2D eigenvalue weighted by molar-refractivity contribution is 0.410. The number of hydrogen-bond donors (Lipinski definition) is 0. The molecule has 1 aromatic heterocycles. The number of hydrogen-bond acceptors (Lipinski definition) is 3. The summed E-state index contributed by atoms with van der Waals surface area (Å²) >= 11 is 0. The van der Waals surface area contributed by atoms with Gasteiger partial charge in [-0.25, -0.2) is 0 Å². The average molecular weight is 315 g/mol. The van der Waals surface area contributed by atoms with Crippen LogP contribution in [0.2, 0.25) is 0 Å². The predicted octanol–water partition coefficient (Wildman–Crippen LogP) is 5.70. The molecule has 3 heteroatoms. The van der Waals surface area contributed by atoms with Gasteiger partial charge in [0.1, 0.15) is 11.5 Å². The normalized spacial score (nSPS) is 10.7. The molecule has 24 heavy (non-hydrogen) atoms. The third-order valence-electron chi connectivity index (χ3n) is 3.85. The van der Waals surface area contributed by atoms with E-state index in [1.807, 2.05) is 72.8 Å². The smallest absolute Gasteiger partial charge is 0.179 e. The lowest BCUT2D eigenvalue weighted by Crippen LogP contribution is -1.84. The summed E-state index contributed by atoms with van der Waals surface area (Å²) in [5, 5.41) is 0.978. The Morgan fingerprint density at radius 2 is 1.54 bits per heavy atom. The number of ether oxygens (including phenoxy) is 2. The van der Waals surface area contributed by atoms with E-state index in [2.05, 4.69) is 6.26 Å². The first-order chi connectivity index (χ1) is 11.8. The second kappa shape index (κ2) is 6.13. The molecule has 3 nitrogen and oxygen atoms in total. The summed E-state index contributed by atoms with van der Waals surface area (Å²) in [6, 6.07) is 23.4. The number of fused-ring (bicyclic) bond motifs is 1. The van der Waals surface area contributed by atoms with Crippen LogP contribution < -0.4 is 9.47 Å². The highest BCUT2D eigenvalue weighted by molar-refractivity contribution is 5.96. The van der Waals surface area contributed by atoms with Crippen LogP contribution in [0.15, 0.2) is 77.2 Å². The minimum atomic E-state index is 0.707. The summed E-state index contributed by atoms with van der Waals surface area (Å²) in [6.45, 7) is 0. The Balaban J connectivity index is 1.66. The van der Waals surface area contributed by atoms with Crippen LogP contribution in [-0.4, -0.2) is 7.11 Å². The molecule has 0 atom stereocenters. The Bertz CT molecular complexity index is 953. The van der Waals surface area contributed by atoms with Crippen molar-refractivity contribution in [3.8, 4) is 28.4 Å². The van der Waals surface area contributed by atoms with E-state index < -0.39 is 0 Å². The van der Waals surface area contributed by atoms with Gasteiger partial charge in [0, 0.05) is 10.9 Å². The van der Waals surface area contributed by atoms with Crippen molar-refractivity contribution in [1.29, 1.82) is 0 Å². The minimum Gasteiger partial charge on any atom is -0.493 e. The molecule has 0 bridgehead atoms. The van der Waals surface area contributed by atoms with Crippen LogP contribution in [0.4, 0.5) is 0 Å². The highest BCUT2D eigenvalue weighted by Crippen LogP contribution is 2.35. The molecule has 117 valence electrons. The minimum absolute atomic E-state index is 0.707. The molecule has 1 radical (unpaired) electrons. The van der Waals surface area contributed by atoms with Gasteiger partial charge in [-0.15, -0.1) is 0 Å². The van der Waals surface area contributed by atoms with Crippen molar-refractivity contribution in [1.82, 2.24) is 0 Å². The molecule has 0 aliphatic rings. The van der Waals surface area contributed by atoms with Gasteiger partial charge in [0.2, 0.25) is 0 Å². The third-order valence-corrected chi connectivity index (χ3v) is 3.85. The molecule has 0 N–H and O–H groups in total. The molecule has 4 rings (SSSR count). The molecule has 1 heterocycles. The fourth-order valence-corrected chi connectivity index (χ4v) is 2.66. The maximum Gasteiger partial charge on any atom is 0.179 e. The van der Waals surface area contributed by atoms with Gasteiger partial charge in [0.25, 0.3) is 0 Å². The second-order valence-electron chi connectivity index (χ2n) is 5.36. The molecule has 0 saturated carbocycles. The van der Waals surface area contributed by atoms with E-state index in [0.717, 1.165) is 28.0 Å². The zero-order valence-corrected chi connectivity index (χ0v) is 13.2. The Kier molecular flexibility index (Phi) is 3.67. The fraction of sp³-hybridized carbons (Fsp3) is 0.0476. The van der Waals surface area contributed by atoms with Crippen LogP contribution in [0.3, 0.4) is 0 Å². The van der Waals surface area contributed by atoms with E-state index in [4.69, 9.17) is 13.9 Å². The van der Waals surface area contributed by atoms with Crippen LogP contribution in [0, 0.1) is 6.26 Å². The number of methoxy groups -OCH3 is 1. The van der Waals surface area contributed by atoms with E-state index in [9.17, 15) is 0 Å². The number of rotatable bonds is 4. The molecule has 0 aliphatic carbocycles. The quantitative estimate of drug-likeness (QED) is 0.484. The maximum absolute atomic E-state index is 5.82. The van der Waals surface area contributed by atoms with Crippen LogP contribution in [0.1, 0.15) is 0 Å². The van der Waals surface area contributed by atoms with Gasteiger partial charge >= 0.3 is 0 Å². The molecule has 0 fully saturated rings. The monoisotopic (exact) mass is 315 g/mol. The molecule has 0 amide bonds. The summed E-state index contributed by atoms with van der Waals surface area (Å²) in [7, 11) is 1.63. The Morgan fingerprint density at radius 1 is 0.792 bits per heavy atom. The van der Waals surface area contributed by atoms with Gasteiger partial charge in [-0.05, 0) is 35.9 Å². The summed E-state index contributed by atoms with van der Waals surface area (Å²) in [6.07, 6.45) is 2.98. The molecule has 0 unspecified atom stereocenters. The van der Waals surface area contributed by atoms with Crippen molar-refractivity contribution in [2.45, 2.75) is 0 Å². The molecule has 3 aromatic carbocycles. The van der Waals surface area contributed by atoms with Crippen molar-refractivity contribution in [2.75, 3.05) is 7.11 Å². The number of para-hydroxylation sites is 2. The lowest BCUT2D eigenvalue weighted by atomic mass is 10.0. The Morgan fingerprint density at radius 3 is 2.29 bits per heavy atom. The zero-order valence-electron chi connectivity index (χ0n) is 13.2. The van der Waals surface area contributed by atoms with Crippen LogP contribution in [0.25, 0.3) is 22.1 Å². The number of furan rings is 1. The lowest BCUT2D eigenvalue weighted by Gasteiger charge is -2.06. The topological polar surface area (TPSA) is 31.6 Å². The largest absolute Gasteiger partial charge is 0.493 e.